The second kappa shape index (κ2) is 3.82. The van der Waals surface area contributed by atoms with E-state index in [-0.39, 0.29) is 17.9 Å². The van der Waals surface area contributed by atoms with Crippen LogP contribution in [-0.2, 0) is 9.53 Å². The second-order valence-electron chi connectivity index (χ2n) is 4.35. The molecule has 82 valence electrons. The van der Waals surface area contributed by atoms with E-state index in [1.54, 1.807) is 6.92 Å². The molecule has 2 bridgehead atoms. The highest BCUT2D eigenvalue weighted by atomic mass is 16.5. The van der Waals surface area contributed by atoms with Crippen LogP contribution in [0.3, 0.4) is 0 Å². The van der Waals surface area contributed by atoms with E-state index in [4.69, 9.17) is 4.74 Å². The number of piperidine rings is 1. The average molecular weight is 208 g/mol. The first-order valence-corrected chi connectivity index (χ1v) is 5.55. The number of nitriles is 1. The van der Waals surface area contributed by atoms with Crippen molar-refractivity contribution in [3.05, 3.63) is 0 Å². The molecule has 0 amide bonds. The number of ether oxygens (including phenoxy) is 1. The Morgan fingerprint density at radius 3 is 3.13 bits per heavy atom. The van der Waals surface area contributed by atoms with E-state index in [1.807, 2.05) is 0 Å². The van der Waals surface area contributed by atoms with Gasteiger partial charge in [0.1, 0.15) is 0 Å². The van der Waals surface area contributed by atoms with Gasteiger partial charge in [-0.2, -0.15) is 5.26 Å². The summed E-state index contributed by atoms with van der Waals surface area (Å²) in [4.78, 5) is 11.8. The average Bonchev–Trinajstić information content (AvgIpc) is 2.47. The molecule has 1 saturated heterocycles. The summed E-state index contributed by atoms with van der Waals surface area (Å²) in [7, 11) is 0. The number of fused-ring (bicyclic) bond motifs is 2. The zero-order valence-electron chi connectivity index (χ0n) is 8.95. The number of rotatable bonds is 2. The molecule has 15 heavy (non-hydrogen) atoms. The summed E-state index contributed by atoms with van der Waals surface area (Å²) in [6.07, 6.45) is 2.51. The van der Waals surface area contributed by atoms with Crippen LogP contribution in [0, 0.1) is 22.7 Å². The van der Waals surface area contributed by atoms with Gasteiger partial charge in [0, 0.05) is 6.04 Å². The van der Waals surface area contributed by atoms with E-state index < -0.39 is 5.41 Å². The summed E-state index contributed by atoms with van der Waals surface area (Å²) in [6.45, 7) is 3.03. The van der Waals surface area contributed by atoms with Gasteiger partial charge in [0.05, 0.1) is 24.0 Å². The Morgan fingerprint density at radius 1 is 1.67 bits per heavy atom. The van der Waals surface area contributed by atoms with Crippen molar-refractivity contribution in [3.63, 3.8) is 0 Å². The number of nitrogens with one attached hydrogen (secondary N) is 1. The minimum atomic E-state index is -0.456. The molecule has 0 aromatic heterocycles. The fourth-order valence-electron chi connectivity index (χ4n) is 2.90. The normalized spacial score (nSPS) is 38.4. The van der Waals surface area contributed by atoms with E-state index in [2.05, 4.69) is 11.4 Å². The molecule has 0 aromatic carbocycles. The molecule has 0 spiro atoms. The zero-order valence-corrected chi connectivity index (χ0v) is 8.95. The lowest BCUT2D eigenvalue weighted by Gasteiger charge is -2.34. The van der Waals surface area contributed by atoms with E-state index in [0.717, 1.165) is 25.8 Å². The van der Waals surface area contributed by atoms with Gasteiger partial charge >= 0.3 is 5.97 Å². The van der Waals surface area contributed by atoms with E-state index in [1.165, 1.54) is 0 Å². The number of carbonyl (C=O) groups excluding carboxylic acids is 1. The van der Waals surface area contributed by atoms with Crippen LogP contribution in [0.2, 0.25) is 0 Å². The largest absolute Gasteiger partial charge is 0.466 e. The molecule has 1 heterocycles. The van der Waals surface area contributed by atoms with Gasteiger partial charge in [0.25, 0.3) is 0 Å². The molecule has 1 aliphatic carbocycles. The fraction of sp³-hybridized carbons (Fsp3) is 0.818. The first kappa shape index (κ1) is 10.4. The Hall–Kier alpha value is -1.08. The zero-order chi connectivity index (χ0) is 10.9. The smallest absolute Gasteiger partial charge is 0.312 e. The summed E-state index contributed by atoms with van der Waals surface area (Å²) in [5.41, 5.74) is -0.456. The fourth-order valence-corrected chi connectivity index (χ4v) is 2.90. The third-order valence-electron chi connectivity index (χ3n) is 3.64. The lowest BCUT2D eigenvalue weighted by molar-refractivity contribution is -0.152. The second-order valence-corrected chi connectivity index (χ2v) is 4.35. The van der Waals surface area contributed by atoms with Crippen LogP contribution in [0.4, 0.5) is 0 Å². The maximum atomic E-state index is 11.8. The van der Waals surface area contributed by atoms with Gasteiger partial charge in [-0.15, -0.1) is 0 Å². The third-order valence-corrected chi connectivity index (χ3v) is 3.64. The Kier molecular flexibility index (Phi) is 2.66. The van der Waals surface area contributed by atoms with Crippen molar-refractivity contribution in [2.45, 2.75) is 32.2 Å². The van der Waals surface area contributed by atoms with Gasteiger partial charge in [0.15, 0.2) is 0 Å². The molecule has 2 unspecified atom stereocenters. The molecule has 1 N–H and O–H groups in total. The summed E-state index contributed by atoms with van der Waals surface area (Å²) in [5.74, 6) is -0.454. The number of carbonyl (C=O) groups is 1. The summed E-state index contributed by atoms with van der Waals surface area (Å²) in [6, 6.07) is 2.51. The van der Waals surface area contributed by atoms with Crippen molar-refractivity contribution in [1.29, 1.82) is 5.26 Å². The van der Waals surface area contributed by atoms with Crippen LogP contribution in [0.15, 0.2) is 0 Å². The summed E-state index contributed by atoms with van der Waals surface area (Å²) >= 11 is 0. The molecular formula is C11H16N2O2. The Labute approximate surface area is 89.6 Å². The quantitative estimate of drug-likeness (QED) is 0.683. The van der Waals surface area contributed by atoms with Crippen LogP contribution in [-0.4, -0.2) is 25.2 Å². The highest BCUT2D eigenvalue weighted by molar-refractivity contribution is 5.76. The topological polar surface area (TPSA) is 62.1 Å². The number of esters is 1. The molecule has 0 radical (unpaired) electrons. The van der Waals surface area contributed by atoms with Crippen molar-refractivity contribution in [1.82, 2.24) is 5.32 Å². The maximum absolute atomic E-state index is 11.8. The van der Waals surface area contributed by atoms with Crippen LogP contribution in [0.5, 0.6) is 0 Å². The number of hydrogen-bond donors (Lipinski definition) is 1. The molecular weight excluding hydrogens is 192 g/mol. The number of hydrogen-bond acceptors (Lipinski definition) is 4. The molecule has 2 fully saturated rings. The standard InChI is InChI=1S/C11H16N2O2/c1-2-15-10(14)9-8-3-4-11(9,7-12)5-6-13-8/h8-9,13H,2-6H2,1H3/t8-,9?,11?/m0/s1. The Bertz CT molecular complexity index is 306. The maximum Gasteiger partial charge on any atom is 0.312 e. The minimum absolute atomic E-state index is 0.150. The molecule has 3 atom stereocenters. The molecule has 2 aliphatic rings. The predicted molar refractivity (Wildman–Crippen MR) is 53.8 cm³/mol. The van der Waals surface area contributed by atoms with Crippen molar-refractivity contribution in [3.8, 4) is 6.07 Å². The van der Waals surface area contributed by atoms with E-state index >= 15 is 0 Å². The highest BCUT2D eigenvalue weighted by Gasteiger charge is 2.55. The molecule has 4 heteroatoms. The van der Waals surface area contributed by atoms with Gasteiger partial charge in [-0.25, -0.2) is 0 Å². The summed E-state index contributed by atoms with van der Waals surface area (Å²) < 4.78 is 5.06. The van der Waals surface area contributed by atoms with Crippen molar-refractivity contribution < 1.29 is 9.53 Å². The molecule has 1 saturated carbocycles. The van der Waals surface area contributed by atoms with Gasteiger partial charge in [-0.05, 0) is 32.7 Å². The lowest BCUT2D eigenvalue weighted by atomic mass is 9.73. The van der Waals surface area contributed by atoms with Crippen LogP contribution in [0.1, 0.15) is 26.2 Å². The van der Waals surface area contributed by atoms with Gasteiger partial charge in [-0.3, -0.25) is 4.79 Å². The minimum Gasteiger partial charge on any atom is -0.466 e. The molecule has 4 nitrogen and oxygen atoms in total. The van der Waals surface area contributed by atoms with Crippen molar-refractivity contribution in [2.75, 3.05) is 13.2 Å². The molecule has 0 aromatic rings. The molecule has 1 aliphatic heterocycles. The SMILES string of the molecule is CCOC(=O)C1[C@@H]2CCC1(C#N)CCN2. The monoisotopic (exact) mass is 208 g/mol. The van der Waals surface area contributed by atoms with E-state index in [9.17, 15) is 10.1 Å². The van der Waals surface area contributed by atoms with Crippen LogP contribution >= 0.6 is 0 Å². The third kappa shape index (κ3) is 1.51. The van der Waals surface area contributed by atoms with Gasteiger partial charge < -0.3 is 10.1 Å². The van der Waals surface area contributed by atoms with E-state index in [0.29, 0.717) is 6.61 Å². The first-order chi connectivity index (χ1) is 7.23. The van der Waals surface area contributed by atoms with Crippen molar-refractivity contribution >= 4 is 5.97 Å². The van der Waals surface area contributed by atoms with Gasteiger partial charge in [0.2, 0.25) is 0 Å². The highest BCUT2D eigenvalue weighted by Crippen LogP contribution is 2.48. The van der Waals surface area contributed by atoms with Gasteiger partial charge in [-0.1, -0.05) is 0 Å². The van der Waals surface area contributed by atoms with Crippen molar-refractivity contribution in [2.24, 2.45) is 11.3 Å². The lowest BCUT2D eigenvalue weighted by Crippen LogP contribution is -2.49. The first-order valence-electron chi connectivity index (χ1n) is 5.55. The summed E-state index contributed by atoms with van der Waals surface area (Å²) in [5, 5.41) is 12.6. The number of nitrogens with zero attached hydrogens (tertiary/aromatic N) is 1. The Morgan fingerprint density at radius 2 is 2.47 bits per heavy atom. The predicted octanol–water partition coefficient (Wildman–Crippen LogP) is 0.831. The van der Waals surface area contributed by atoms with Crippen LogP contribution < -0.4 is 5.32 Å². The Balaban J connectivity index is 2.22. The molecule has 2 rings (SSSR count). The van der Waals surface area contributed by atoms with Crippen LogP contribution in [0.25, 0.3) is 0 Å².